The Balaban J connectivity index is 1.94. The summed E-state index contributed by atoms with van der Waals surface area (Å²) in [6.45, 7) is 2.41. The van der Waals surface area contributed by atoms with Crippen molar-refractivity contribution in [3.63, 3.8) is 0 Å². The highest BCUT2D eigenvalue weighted by Crippen LogP contribution is 2.13. The van der Waals surface area contributed by atoms with Crippen LogP contribution in [0.5, 0.6) is 0 Å². The first-order valence-corrected chi connectivity index (χ1v) is 6.58. The van der Waals surface area contributed by atoms with Crippen molar-refractivity contribution in [3.8, 4) is 0 Å². The third-order valence-corrected chi connectivity index (χ3v) is 3.29. The highest BCUT2D eigenvalue weighted by Gasteiger charge is 2.36. The molecule has 1 aromatic carbocycles. The van der Waals surface area contributed by atoms with Gasteiger partial charge in [0, 0.05) is 12.2 Å². The van der Waals surface area contributed by atoms with E-state index < -0.39 is 0 Å². The number of benzene rings is 1. The monoisotopic (exact) mass is 261 g/mol. The largest absolute Gasteiger partial charge is 0.399 e. The second-order valence-electron chi connectivity index (χ2n) is 4.77. The average molecular weight is 261 g/mol. The molecular formula is C14H19N3O2. The molecule has 5 heteroatoms. The Morgan fingerprint density at radius 3 is 2.58 bits per heavy atom. The first kappa shape index (κ1) is 13.4. The Hall–Kier alpha value is -2.04. The number of carbonyl (C=O) groups excluding carboxylic acids is 2. The molecule has 0 aliphatic carbocycles. The second-order valence-corrected chi connectivity index (χ2v) is 4.77. The first-order valence-electron chi connectivity index (χ1n) is 6.58. The molecule has 0 aromatic heterocycles. The number of hydrogen-bond acceptors (Lipinski definition) is 3. The van der Waals surface area contributed by atoms with Gasteiger partial charge in [0.15, 0.2) is 0 Å². The van der Waals surface area contributed by atoms with Gasteiger partial charge >= 0.3 is 6.03 Å². The number of nitrogens with one attached hydrogen (secondary N) is 1. The van der Waals surface area contributed by atoms with E-state index in [-0.39, 0.29) is 18.0 Å². The fourth-order valence-corrected chi connectivity index (χ4v) is 2.20. The van der Waals surface area contributed by atoms with Gasteiger partial charge in [-0.1, -0.05) is 25.5 Å². The van der Waals surface area contributed by atoms with E-state index in [0.717, 1.165) is 12.0 Å². The number of hydrogen-bond donors (Lipinski definition) is 2. The molecule has 0 spiro atoms. The molecule has 5 nitrogen and oxygen atoms in total. The van der Waals surface area contributed by atoms with Gasteiger partial charge in [-0.15, -0.1) is 0 Å². The van der Waals surface area contributed by atoms with E-state index in [1.807, 2.05) is 31.2 Å². The summed E-state index contributed by atoms with van der Waals surface area (Å²) in [4.78, 5) is 25.0. The van der Waals surface area contributed by atoms with Gasteiger partial charge in [-0.2, -0.15) is 0 Å². The Bertz CT molecular complexity index is 470. The van der Waals surface area contributed by atoms with E-state index >= 15 is 0 Å². The van der Waals surface area contributed by atoms with Crippen LogP contribution in [-0.4, -0.2) is 29.4 Å². The van der Waals surface area contributed by atoms with Gasteiger partial charge in [-0.3, -0.25) is 9.69 Å². The summed E-state index contributed by atoms with van der Waals surface area (Å²) < 4.78 is 0. The van der Waals surface area contributed by atoms with Crippen molar-refractivity contribution in [1.29, 1.82) is 0 Å². The normalized spacial score (nSPS) is 18.8. The molecule has 1 atom stereocenters. The minimum atomic E-state index is -0.344. The van der Waals surface area contributed by atoms with E-state index in [0.29, 0.717) is 25.1 Å². The van der Waals surface area contributed by atoms with Crippen LogP contribution in [0.2, 0.25) is 0 Å². The minimum Gasteiger partial charge on any atom is -0.399 e. The van der Waals surface area contributed by atoms with Gasteiger partial charge in [0.2, 0.25) is 0 Å². The SMILES string of the molecule is CCCC1NC(=O)N(CCc2ccc(N)cc2)C1=O. The van der Waals surface area contributed by atoms with Crippen LogP contribution < -0.4 is 11.1 Å². The lowest BCUT2D eigenvalue weighted by Crippen LogP contribution is -2.33. The third-order valence-electron chi connectivity index (χ3n) is 3.29. The fourth-order valence-electron chi connectivity index (χ4n) is 2.20. The van der Waals surface area contributed by atoms with E-state index in [2.05, 4.69) is 5.32 Å². The summed E-state index contributed by atoms with van der Waals surface area (Å²) in [5.41, 5.74) is 7.39. The van der Waals surface area contributed by atoms with Gasteiger partial charge in [-0.05, 0) is 30.5 Å². The average Bonchev–Trinajstić information content (AvgIpc) is 2.65. The van der Waals surface area contributed by atoms with Crippen LogP contribution >= 0.6 is 0 Å². The van der Waals surface area contributed by atoms with E-state index in [4.69, 9.17) is 5.73 Å². The molecule has 1 aliphatic heterocycles. The van der Waals surface area contributed by atoms with Crippen LogP contribution in [-0.2, 0) is 11.2 Å². The van der Waals surface area contributed by atoms with Crippen molar-refractivity contribution in [1.82, 2.24) is 10.2 Å². The maximum atomic E-state index is 12.0. The van der Waals surface area contributed by atoms with Crippen LogP contribution in [0, 0.1) is 0 Å². The molecule has 102 valence electrons. The maximum absolute atomic E-state index is 12.0. The number of nitrogen functional groups attached to an aromatic ring is 1. The number of nitrogens with zero attached hydrogens (tertiary/aromatic N) is 1. The predicted molar refractivity (Wildman–Crippen MR) is 73.5 cm³/mol. The molecule has 1 aliphatic rings. The third kappa shape index (κ3) is 3.05. The highest BCUT2D eigenvalue weighted by atomic mass is 16.2. The number of carbonyl (C=O) groups is 2. The number of amides is 3. The molecule has 2 rings (SSSR count). The zero-order valence-corrected chi connectivity index (χ0v) is 11.1. The quantitative estimate of drug-likeness (QED) is 0.623. The molecule has 1 aromatic rings. The lowest BCUT2D eigenvalue weighted by Gasteiger charge is -2.12. The van der Waals surface area contributed by atoms with Gasteiger partial charge in [-0.25, -0.2) is 4.79 Å². The summed E-state index contributed by atoms with van der Waals surface area (Å²) in [5, 5.41) is 2.72. The van der Waals surface area contributed by atoms with Gasteiger partial charge in [0.1, 0.15) is 6.04 Å². The zero-order valence-electron chi connectivity index (χ0n) is 11.1. The summed E-state index contributed by atoms with van der Waals surface area (Å²) in [6.07, 6.45) is 2.23. The van der Waals surface area contributed by atoms with Crippen molar-refractivity contribution >= 4 is 17.6 Å². The molecule has 0 saturated carbocycles. The predicted octanol–water partition coefficient (Wildman–Crippen LogP) is 1.53. The summed E-state index contributed by atoms with van der Waals surface area (Å²) in [6, 6.07) is 6.85. The molecule has 1 fully saturated rings. The topological polar surface area (TPSA) is 75.4 Å². The molecule has 19 heavy (non-hydrogen) atoms. The Labute approximate surface area is 112 Å². The maximum Gasteiger partial charge on any atom is 0.324 e. The summed E-state index contributed by atoms with van der Waals surface area (Å²) >= 11 is 0. The van der Waals surface area contributed by atoms with Gasteiger partial charge < -0.3 is 11.1 Å². The van der Waals surface area contributed by atoms with Gasteiger partial charge in [0.25, 0.3) is 5.91 Å². The lowest BCUT2D eigenvalue weighted by atomic mass is 10.1. The van der Waals surface area contributed by atoms with Crippen LogP contribution in [0.1, 0.15) is 25.3 Å². The first-order chi connectivity index (χ1) is 9.11. The minimum absolute atomic E-state index is 0.109. The van der Waals surface area contributed by atoms with Crippen LogP contribution in [0.4, 0.5) is 10.5 Å². The molecule has 0 bridgehead atoms. The summed E-state index contributed by atoms with van der Waals surface area (Å²) in [5.74, 6) is -0.109. The van der Waals surface area contributed by atoms with Crippen molar-refractivity contribution < 1.29 is 9.59 Å². The lowest BCUT2D eigenvalue weighted by molar-refractivity contribution is -0.127. The number of imide groups is 1. The molecular weight excluding hydrogens is 242 g/mol. The van der Waals surface area contributed by atoms with E-state index in [1.54, 1.807) is 0 Å². The molecule has 3 amide bonds. The fraction of sp³-hybridized carbons (Fsp3) is 0.429. The van der Waals surface area contributed by atoms with E-state index in [1.165, 1.54) is 4.90 Å². The number of rotatable bonds is 5. The Morgan fingerprint density at radius 1 is 1.26 bits per heavy atom. The smallest absolute Gasteiger partial charge is 0.324 e. The standard InChI is InChI=1S/C14H19N3O2/c1-2-3-12-13(18)17(14(19)16-12)9-8-10-4-6-11(15)7-5-10/h4-7,12H,2-3,8-9,15H2,1H3,(H,16,19). The molecule has 1 unspecified atom stereocenters. The van der Waals surface area contributed by atoms with Crippen LogP contribution in [0.25, 0.3) is 0 Å². The van der Waals surface area contributed by atoms with E-state index in [9.17, 15) is 9.59 Å². The Morgan fingerprint density at radius 2 is 1.95 bits per heavy atom. The van der Waals surface area contributed by atoms with Crippen molar-refractivity contribution in [2.24, 2.45) is 0 Å². The number of nitrogens with two attached hydrogens (primary N) is 1. The number of anilines is 1. The highest BCUT2D eigenvalue weighted by molar-refractivity contribution is 6.04. The number of urea groups is 1. The summed E-state index contributed by atoms with van der Waals surface area (Å²) in [7, 11) is 0. The van der Waals surface area contributed by atoms with Crippen molar-refractivity contribution in [2.45, 2.75) is 32.2 Å². The Kier molecular flexibility index (Phi) is 4.04. The van der Waals surface area contributed by atoms with Crippen LogP contribution in [0.3, 0.4) is 0 Å². The van der Waals surface area contributed by atoms with Crippen molar-refractivity contribution in [3.05, 3.63) is 29.8 Å². The van der Waals surface area contributed by atoms with Gasteiger partial charge in [0.05, 0.1) is 0 Å². The molecule has 3 N–H and O–H groups in total. The van der Waals surface area contributed by atoms with Crippen LogP contribution in [0.15, 0.2) is 24.3 Å². The zero-order chi connectivity index (χ0) is 13.8. The second kappa shape index (κ2) is 5.73. The molecule has 1 heterocycles. The molecule has 1 saturated heterocycles. The molecule has 0 radical (unpaired) electrons. The van der Waals surface area contributed by atoms with Crippen molar-refractivity contribution in [2.75, 3.05) is 12.3 Å².